The largest absolute Gasteiger partial charge is 0.463 e. The lowest BCUT2D eigenvalue weighted by molar-refractivity contribution is -0.153. The van der Waals surface area contributed by atoms with Crippen molar-refractivity contribution in [3.8, 4) is 0 Å². The molecule has 0 saturated heterocycles. The van der Waals surface area contributed by atoms with Crippen LogP contribution in [0.25, 0.3) is 0 Å². The van der Waals surface area contributed by atoms with Gasteiger partial charge in [0.15, 0.2) is 0 Å². The van der Waals surface area contributed by atoms with E-state index in [9.17, 15) is 4.79 Å². The molecule has 0 saturated carbocycles. The van der Waals surface area contributed by atoms with Crippen LogP contribution in [-0.2, 0) is 23.7 Å². The van der Waals surface area contributed by atoms with Gasteiger partial charge in [0.1, 0.15) is 6.61 Å². The summed E-state index contributed by atoms with van der Waals surface area (Å²) in [5, 5.41) is 0. The fourth-order valence-electron chi connectivity index (χ4n) is 3.39. The van der Waals surface area contributed by atoms with Crippen molar-refractivity contribution in [3.05, 3.63) is 0 Å². The molecule has 0 aliphatic heterocycles. The average Bonchev–Trinajstić information content (AvgIpc) is 2.72. The van der Waals surface area contributed by atoms with Crippen LogP contribution in [0, 0.1) is 5.41 Å². The predicted molar refractivity (Wildman–Crippen MR) is 119 cm³/mol. The van der Waals surface area contributed by atoms with E-state index in [2.05, 4.69) is 20.8 Å². The molecule has 0 aliphatic carbocycles. The molecule has 174 valence electrons. The Kier molecular flexibility index (Phi) is 20.2. The van der Waals surface area contributed by atoms with Crippen LogP contribution >= 0.6 is 0 Å². The van der Waals surface area contributed by atoms with E-state index < -0.39 is 0 Å². The molecule has 29 heavy (non-hydrogen) atoms. The Labute approximate surface area is 180 Å². The average molecular weight is 417 g/mol. The Morgan fingerprint density at radius 1 is 0.724 bits per heavy atom. The van der Waals surface area contributed by atoms with Gasteiger partial charge in [-0.2, -0.15) is 0 Å². The van der Waals surface area contributed by atoms with Crippen molar-refractivity contribution < 1.29 is 23.7 Å². The molecule has 0 N–H and O–H groups in total. The molecule has 0 aliphatic rings. The van der Waals surface area contributed by atoms with E-state index in [0.717, 1.165) is 12.8 Å². The summed E-state index contributed by atoms with van der Waals surface area (Å²) in [7, 11) is 1.64. The first-order valence-electron chi connectivity index (χ1n) is 11.9. The number of hydrogen-bond donors (Lipinski definition) is 0. The predicted octanol–water partition coefficient (Wildman–Crippen LogP) is 5.94. The van der Waals surface area contributed by atoms with Crippen molar-refractivity contribution in [2.45, 2.75) is 97.8 Å². The van der Waals surface area contributed by atoms with Crippen molar-refractivity contribution in [1.29, 1.82) is 0 Å². The Hall–Kier alpha value is -0.650. The zero-order chi connectivity index (χ0) is 21.6. The summed E-state index contributed by atoms with van der Waals surface area (Å²) in [6.45, 7) is 9.23. The highest BCUT2D eigenvalue weighted by atomic mass is 16.6. The number of esters is 1. The number of hydrogen-bond acceptors (Lipinski definition) is 5. The molecule has 5 nitrogen and oxygen atoms in total. The fourth-order valence-corrected chi connectivity index (χ4v) is 3.39. The van der Waals surface area contributed by atoms with Gasteiger partial charge in [-0.3, -0.25) is 0 Å². The maximum Gasteiger partial charge on any atom is 0.332 e. The maximum absolute atomic E-state index is 12.0. The second-order valence-corrected chi connectivity index (χ2v) is 8.46. The molecule has 0 aromatic rings. The molecule has 0 aromatic carbocycles. The van der Waals surface area contributed by atoms with E-state index >= 15 is 0 Å². The lowest BCUT2D eigenvalue weighted by Crippen LogP contribution is -2.27. The van der Waals surface area contributed by atoms with Gasteiger partial charge in [0.05, 0.1) is 33.0 Å². The van der Waals surface area contributed by atoms with Gasteiger partial charge in [0.2, 0.25) is 0 Å². The van der Waals surface area contributed by atoms with E-state index in [1.165, 1.54) is 64.2 Å². The van der Waals surface area contributed by atoms with E-state index in [-0.39, 0.29) is 18.0 Å². The number of ether oxygens (including phenoxy) is 4. The van der Waals surface area contributed by atoms with Crippen LogP contribution in [0.4, 0.5) is 0 Å². The highest BCUT2D eigenvalue weighted by Crippen LogP contribution is 2.32. The molecule has 5 heteroatoms. The standard InChI is InChI=1S/C24H48O5/c1-5-7-9-11-12-14-16-24(3,15-13-10-8-6-2)22-29-23(25)21-28-20-19-27-18-17-26-4/h5-22H2,1-4H3. The summed E-state index contributed by atoms with van der Waals surface area (Å²) in [6.07, 6.45) is 15.1. The number of methoxy groups -OCH3 is 1. The number of carbonyl (C=O) groups excluding carboxylic acids is 1. The van der Waals surface area contributed by atoms with Crippen molar-refractivity contribution in [1.82, 2.24) is 0 Å². The lowest BCUT2D eigenvalue weighted by atomic mass is 9.80. The molecule has 0 amide bonds. The van der Waals surface area contributed by atoms with Crippen LogP contribution in [0.1, 0.15) is 97.8 Å². The van der Waals surface area contributed by atoms with Crippen molar-refractivity contribution >= 4 is 5.97 Å². The fraction of sp³-hybridized carbons (Fsp3) is 0.958. The third kappa shape index (κ3) is 19.1. The SMILES string of the molecule is CCCCCCCCC(C)(CCCCCC)COC(=O)COCCOCCOC. The summed E-state index contributed by atoms with van der Waals surface area (Å²) in [5.74, 6) is -0.273. The first kappa shape index (κ1) is 28.4. The smallest absolute Gasteiger partial charge is 0.332 e. The van der Waals surface area contributed by atoms with Crippen molar-refractivity contribution in [2.75, 3.05) is 46.8 Å². The Morgan fingerprint density at radius 3 is 1.86 bits per heavy atom. The molecule has 1 unspecified atom stereocenters. The van der Waals surface area contributed by atoms with Crippen LogP contribution in [0.5, 0.6) is 0 Å². The van der Waals surface area contributed by atoms with Gasteiger partial charge < -0.3 is 18.9 Å². The highest BCUT2D eigenvalue weighted by Gasteiger charge is 2.25. The zero-order valence-electron chi connectivity index (χ0n) is 19.8. The molecule has 0 bridgehead atoms. The Morgan fingerprint density at radius 2 is 1.24 bits per heavy atom. The Balaban J connectivity index is 4.10. The van der Waals surface area contributed by atoms with Gasteiger partial charge in [0.25, 0.3) is 0 Å². The second-order valence-electron chi connectivity index (χ2n) is 8.46. The van der Waals surface area contributed by atoms with Crippen LogP contribution in [0.15, 0.2) is 0 Å². The minimum absolute atomic E-state index is 0.00340. The molecule has 0 radical (unpaired) electrons. The third-order valence-corrected chi connectivity index (χ3v) is 5.37. The molecule has 0 spiro atoms. The van der Waals surface area contributed by atoms with Crippen LogP contribution in [0.3, 0.4) is 0 Å². The minimum atomic E-state index is -0.273. The molecule has 0 fully saturated rings. The molecule has 0 heterocycles. The van der Waals surface area contributed by atoms with E-state index in [1.807, 2.05) is 0 Å². The van der Waals surface area contributed by atoms with Crippen LogP contribution in [-0.4, -0.2) is 52.7 Å². The molecular weight excluding hydrogens is 368 g/mol. The molecule has 1 atom stereocenters. The first-order valence-corrected chi connectivity index (χ1v) is 11.9. The van der Waals surface area contributed by atoms with Gasteiger partial charge in [-0.1, -0.05) is 85.0 Å². The molecule has 0 aromatic heterocycles. The van der Waals surface area contributed by atoms with Crippen molar-refractivity contribution in [3.63, 3.8) is 0 Å². The topological polar surface area (TPSA) is 54.0 Å². The monoisotopic (exact) mass is 416 g/mol. The normalized spacial score (nSPS) is 13.4. The molecular formula is C24H48O5. The van der Waals surface area contributed by atoms with Gasteiger partial charge in [-0.05, 0) is 12.8 Å². The summed E-state index contributed by atoms with van der Waals surface area (Å²) in [4.78, 5) is 12.0. The van der Waals surface area contributed by atoms with E-state index in [0.29, 0.717) is 33.0 Å². The highest BCUT2D eigenvalue weighted by molar-refractivity contribution is 5.70. The summed E-state index contributed by atoms with van der Waals surface area (Å²) < 4.78 is 21.1. The number of rotatable bonds is 22. The third-order valence-electron chi connectivity index (χ3n) is 5.37. The Bertz CT molecular complexity index is 361. The van der Waals surface area contributed by atoms with Gasteiger partial charge in [-0.15, -0.1) is 0 Å². The summed E-state index contributed by atoms with van der Waals surface area (Å²) in [6, 6.07) is 0. The number of carbonyl (C=O) groups is 1. The summed E-state index contributed by atoms with van der Waals surface area (Å²) >= 11 is 0. The van der Waals surface area contributed by atoms with Crippen LogP contribution < -0.4 is 0 Å². The van der Waals surface area contributed by atoms with E-state index in [4.69, 9.17) is 18.9 Å². The summed E-state index contributed by atoms with van der Waals surface area (Å²) in [5.41, 5.74) is 0.0808. The minimum Gasteiger partial charge on any atom is -0.463 e. The van der Waals surface area contributed by atoms with Crippen molar-refractivity contribution in [2.24, 2.45) is 5.41 Å². The molecule has 0 rings (SSSR count). The second kappa shape index (κ2) is 20.6. The van der Waals surface area contributed by atoms with Crippen LogP contribution in [0.2, 0.25) is 0 Å². The number of unbranched alkanes of at least 4 members (excludes halogenated alkanes) is 8. The van der Waals surface area contributed by atoms with Gasteiger partial charge >= 0.3 is 5.97 Å². The van der Waals surface area contributed by atoms with Gasteiger partial charge in [-0.25, -0.2) is 4.79 Å². The lowest BCUT2D eigenvalue weighted by Gasteiger charge is -2.29. The van der Waals surface area contributed by atoms with Gasteiger partial charge in [0, 0.05) is 12.5 Å². The quantitative estimate of drug-likeness (QED) is 0.162. The van der Waals surface area contributed by atoms with E-state index in [1.54, 1.807) is 7.11 Å². The first-order chi connectivity index (χ1) is 14.1. The zero-order valence-corrected chi connectivity index (χ0v) is 19.8. The maximum atomic E-state index is 12.0.